The minimum absolute atomic E-state index is 0.0708. The Balaban J connectivity index is 2.04. The number of thioether (sulfide) groups is 1. The molecule has 1 saturated heterocycles. The minimum atomic E-state index is -1.08. The van der Waals surface area contributed by atoms with Crippen molar-refractivity contribution >= 4 is 35.2 Å². The van der Waals surface area contributed by atoms with Gasteiger partial charge in [0, 0.05) is 22.9 Å². The van der Waals surface area contributed by atoms with E-state index < -0.39 is 23.4 Å². The van der Waals surface area contributed by atoms with Crippen LogP contribution in [0.2, 0.25) is 5.02 Å². The monoisotopic (exact) mass is 329 g/mol. The molecule has 3 atom stereocenters. The van der Waals surface area contributed by atoms with Gasteiger partial charge in [0.2, 0.25) is 5.91 Å². The van der Waals surface area contributed by atoms with E-state index in [1.54, 1.807) is 19.1 Å². The minimum Gasteiger partial charge on any atom is -0.480 e. The number of hydrogen-bond donors (Lipinski definition) is 2. The average Bonchev–Trinajstić information content (AvgIpc) is 2.82. The van der Waals surface area contributed by atoms with Crippen molar-refractivity contribution in [1.29, 1.82) is 0 Å². The number of likely N-dealkylation sites (tertiary alicyclic amines) is 1. The zero-order valence-corrected chi connectivity index (χ0v) is 13.0. The molecule has 2 rings (SSSR count). The molecule has 1 aromatic carbocycles. The van der Waals surface area contributed by atoms with E-state index in [-0.39, 0.29) is 18.9 Å². The number of aliphatic carboxylic acids is 1. The lowest BCUT2D eigenvalue weighted by Crippen LogP contribution is -2.44. The molecule has 2 N–H and O–H groups in total. The highest BCUT2D eigenvalue weighted by Gasteiger charge is 2.40. The number of carboxylic acids is 1. The topological polar surface area (TPSA) is 77.8 Å². The molecule has 0 spiro atoms. The predicted octanol–water partition coefficient (Wildman–Crippen LogP) is 1.87. The molecule has 0 saturated carbocycles. The molecule has 5 nitrogen and oxygen atoms in total. The highest BCUT2D eigenvalue weighted by molar-refractivity contribution is 8.00. The van der Waals surface area contributed by atoms with Crippen molar-refractivity contribution in [1.82, 2.24) is 4.90 Å². The van der Waals surface area contributed by atoms with Gasteiger partial charge in [-0.2, -0.15) is 0 Å². The molecule has 1 amide bonds. The molecule has 0 aromatic heterocycles. The molecule has 21 heavy (non-hydrogen) atoms. The maximum absolute atomic E-state index is 12.4. The first-order chi connectivity index (χ1) is 9.88. The van der Waals surface area contributed by atoms with Gasteiger partial charge in [0.15, 0.2) is 0 Å². The number of aliphatic hydroxyl groups is 1. The fraction of sp³-hybridized carbons (Fsp3) is 0.429. The van der Waals surface area contributed by atoms with E-state index in [1.165, 1.54) is 16.7 Å². The van der Waals surface area contributed by atoms with Crippen molar-refractivity contribution in [2.75, 3.05) is 6.54 Å². The number of β-amino-alcohol motifs (C(OH)–C–C–N with tert-alkyl or cyclic N) is 1. The van der Waals surface area contributed by atoms with Crippen molar-refractivity contribution in [3.8, 4) is 0 Å². The van der Waals surface area contributed by atoms with Gasteiger partial charge >= 0.3 is 5.97 Å². The first kappa shape index (κ1) is 16.1. The third kappa shape index (κ3) is 3.90. The Bertz CT molecular complexity index is 536. The highest BCUT2D eigenvalue weighted by atomic mass is 35.5. The molecular weight excluding hydrogens is 314 g/mol. The van der Waals surface area contributed by atoms with Crippen LogP contribution in [0.15, 0.2) is 29.2 Å². The normalized spacial score (nSPS) is 23.1. The molecule has 114 valence electrons. The van der Waals surface area contributed by atoms with Crippen LogP contribution < -0.4 is 0 Å². The summed E-state index contributed by atoms with van der Waals surface area (Å²) in [7, 11) is 0. The lowest BCUT2D eigenvalue weighted by Gasteiger charge is -2.24. The van der Waals surface area contributed by atoms with Gasteiger partial charge in [0.1, 0.15) is 6.04 Å². The van der Waals surface area contributed by atoms with E-state index in [2.05, 4.69) is 0 Å². The van der Waals surface area contributed by atoms with Gasteiger partial charge in [-0.1, -0.05) is 11.6 Å². The van der Waals surface area contributed by atoms with Crippen molar-refractivity contribution in [2.45, 2.75) is 35.6 Å². The second-order valence-electron chi connectivity index (χ2n) is 4.95. The second-order valence-corrected chi connectivity index (χ2v) is 6.80. The number of carbonyl (C=O) groups is 2. The molecule has 0 aliphatic carbocycles. The summed E-state index contributed by atoms with van der Waals surface area (Å²) in [5.41, 5.74) is 0. The Hall–Kier alpha value is -1.24. The maximum atomic E-state index is 12.4. The molecule has 1 aromatic rings. The Labute approximate surface area is 131 Å². The van der Waals surface area contributed by atoms with Gasteiger partial charge in [-0.3, -0.25) is 4.79 Å². The Morgan fingerprint density at radius 2 is 2.00 bits per heavy atom. The molecule has 7 heteroatoms. The van der Waals surface area contributed by atoms with E-state index in [4.69, 9.17) is 16.7 Å². The highest BCUT2D eigenvalue weighted by Crippen LogP contribution is 2.28. The number of carbonyl (C=O) groups excluding carboxylic acids is 1. The van der Waals surface area contributed by atoms with Crippen molar-refractivity contribution in [2.24, 2.45) is 0 Å². The van der Waals surface area contributed by atoms with Crippen LogP contribution in [0.25, 0.3) is 0 Å². The fourth-order valence-electron chi connectivity index (χ4n) is 2.29. The number of nitrogens with zero attached hydrogens (tertiary/aromatic N) is 1. The van der Waals surface area contributed by atoms with E-state index >= 15 is 0 Å². The molecule has 1 heterocycles. The maximum Gasteiger partial charge on any atom is 0.326 e. The zero-order valence-electron chi connectivity index (χ0n) is 11.4. The zero-order chi connectivity index (χ0) is 15.6. The number of amides is 1. The molecule has 1 unspecified atom stereocenters. The molecular formula is C14H16ClNO4S. The predicted molar refractivity (Wildman–Crippen MR) is 80.5 cm³/mol. The Morgan fingerprint density at radius 3 is 2.57 bits per heavy atom. The van der Waals surface area contributed by atoms with Crippen molar-refractivity contribution < 1.29 is 19.8 Å². The molecule has 1 fully saturated rings. The van der Waals surface area contributed by atoms with Crippen LogP contribution in [-0.4, -0.2) is 50.9 Å². The van der Waals surface area contributed by atoms with Crippen molar-refractivity contribution in [3.05, 3.63) is 29.3 Å². The van der Waals surface area contributed by atoms with Crippen LogP contribution in [0.1, 0.15) is 13.3 Å². The quantitative estimate of drug-likeness (QED) is 0.825. The van der Waals surface area contributed by atoms with Gasteiger partial charge in [-0.25, -0.2) is 4.79 Å². The largest absolute Gasteiger partial charge is 0.480 e. The summed E-state index contributed by atoms with van der Waals surface area (Å²) in [5.74, 6) is -1.36. The molecule has 1 aliphatic heterocycles. The molecule has 0 bridgehead atoms. The van der Waals surface area contributed by atoms with Gasteiger partial charge in [-0.15, -0.1) is 11.8 Å². The summed E-state index contributed by atoms with van der Waals surface area (Å²) in [4.78, 5) is 25.7. The smallest absolute Gasteiger partial charge is 0.326 e. The lowest BCUT2D eigenvalue weighted by atomic mass is 10.2. The SMILES string of the molecule is CC(Sc1ccc(Cl)cc1)C(=O)N1C[C@H](O)C[C@H]1C(=O)O. The number of halogens is 1. The molecule has 0 radical (unpaired) electrons. The van der Waals surface area contributed by atoms with Crippen LogP contribution in [0, 0.1) is 0 Å². The average molecular weight is 330 g/mol. The number of rotatable bonds is 4. The fourth-order valence-corrected chi connectivity index (χ4v) is 3.36. The van der Waals surface area contributed by atoms with Crippen LogP contribution in [0.5, 0.6) is 0 Å². The summed E-state index contributed by atoms with van der Waals surface area (Å²) in [6.07, 6.45) is -0.692. The van der Waals surface area contributed by atoms with Gasteiger partial charge in [0.05, 0.1) is 11.4 Å². The van der Waals surface area contributed by atoms with Gasteiger partial charge in [0.25, 0.3) is 0 Å². The van der Waals surface area contributed by atoms with E-state index in [0.29, 0.717) is 5.02 Å². The number of benzene rings is 1. The van der Waals surface area contributed by atoms with Crippen molar-refractivity contribution in [3.63, 3.8) is 0 Å². The van der Waals surface area contributed by atoms with Crippen LogP contribution in [0.4, 0.5) is 0 Å². The second kappa shape index (κ2) is 6.68. The van der Waals surface area contributed by atoms with Gasteiger partial charge in [-0.05, 0) is 31.2 Å². The molecule has 1 aliphatic rings. The van der Waals surface area contributed by atoms with E-state index in [1.807, 2.05) is 12.1 Å². The first-order valence-corrected chi connectivity index (χ1v) is 7.78. The summed E-state index contributed by atoms with van der Waals surface area (Å²) in [6.45, 7) is 1.80. The summed E-state index contributed by atoms with van der Waals surface area (Å²) >= 11 is 7.14. The number of aliphatic hydroxyl groups excluding tert-OH is 1. The Kier molecular flexibility index (Phi) is 5.13. The third-order valence-corrected chi connectivity index (χ3v) is 4.67. The first-order valence-electron chi connectivity index (χ1n) is 6.52. The van der Waals surface area contributed by atoms with Crippen LogP contribution in [0.3, 0.4) is 0 Å². The van der Waals surface area contributed by atoms with Gasteiger partial charge < -0.3 is 15.1 Å². The summed E-state index contributed by atoms with van der Waals surface area (Å²) in [6, 6.07) is 6.15. The van der Waals surface area contributed by atoms with Crippen LogP contribution >= 0.6 is 23.4 Å². The van der Waals surface area contributed by atoms with E-state index in [0.717, 1.165) is 4.90 Å². The number of hydrogen-bond acceptors (Lipinski definition) is 4. The van der Waals surface area contributed by atoms with E-state index in [9.17, 15) is 14.7 Å². The third-order valence-electron chi connectivity index (χ3n) is 3.32. The lowest BCUT2D eigenvalue weighted by molar-refractivity contribution is -0.147. The Morgan fingerprint density at radius 1 is 1.38 bits per heavy atom. The summed E-state index contributed by atoms with van der Waals surface area (Å²) < 4.78 is 0. The van der Waals surface area contributed by atoms with Crippen LogP contribution in [-0.2, 0) is 9.59 Å². The standard InChI is InChI=1S/C14H16ClNO4S/c1-8(21-11-4-2-9(15)3-5-11)13(18)16-7-10(17)6-12(16)14(19)20/h2-5,8,10,12,17H,6-7H2,1H3,(H,19,20)/t8?,10-,12+/m1/s1. The summed E-state index contributed by atoms with van der Waals surface area (Å²) in [5, 5.41) is 18.9. The number of carboxylic acid groups (broad SMARTS) is 1.